The van der Waals surface area contributed by atoms with Crippen molar-refractivity contribution >= 4 is 25.8 Å². The molecule has 18 heavy (non-hydrogen) atoms. The molecule has 0 radical (unpaired) electrons. The highest BCUT2D eigenvalue weighted by molar-refractivity contribution is 8.12. The van der Waals surface area contributed by atoms with Crippen LogP contribution >= 0.6 is 10.7 Å². The third-order valence-corrected chi connectivity index (χ3v) is 5.18. The summed E-state index contributed by atoms with van der Waals surface area (Å²) in [5.41, 5.74) is -1.01. The minimum absolute atomic E-state index is 0.0227. The van der Waals surface area contributed by atoms with Crippen molar-refractivity contribution in [1.29, 1.82) is 0 Å². The second kappa shape index (κ2) is 4.00. The van der Waals surface area contributed by atoms with Crippen molar-refractivity contribution in [2.24, 2.45) is 5.92 Å². The van der Waals surface area contributed by atoms with Gasteiger partial charge in [0.25, 0.3) is 0 Å². The van der Waals surface area contributed by atoms with Crippen LogP contribution in [0.25, 0.3) is 0 Å². The van der Waals surface area contributed by atoms with Crippen molar-refractivity contribution in [3.05, 3.63) is 0 Å². The van der Waals surface area contributed by atoms with Gasteiger partial charge in [0.05, 0.1) is 17.9 Å². The molecule has 2 rings (SSSR count). The Hall–Kier alpha value is -0.500. The lowest BCUT2D eigenvalue weighted by atomic mass is 9.70. The maximum absolute atomic E-state index is 12.5. The van der Waals surface area contributed by atoms with Gasteiger partial charge in [-0.2, -0.15) is 21.6 Å². The topological polar surface area (TPSA) is 54.5 Å². The molecule has 1 heterocycles. The lowest BCUT2D eigenvalue weighted by Crippen LogP contribution is -2.65. The number of carbonyl (C=O) groups excluding carboxylic acids is 1. The zero-order chi connectivity index (χ0) is 13.8. The Balaban J connectivity index is 2.12. The summed E-state index contributed by atoms with van der Waals surface area (Å²) in [6.45, 7) is 0. The highest BCUT2D eigenvalue weighted by Gasteiger charge is 2.59. The predicted octanol–water partition coefficient (Wildman–Crippen LogP) is 2.19. The monoisotopic (exact) mass is 305 g/mol. The summed E-state index contributed by atoms with van der Waals surface area (Å²) in [5.74, 6) is -2.06. The summed E-state index contributed by atoms with van der Waals surface area (Å²) in [6.07, 6.45) is -4.59. The van der Waals surface area contributed by atoms with Crippen LogP contribution in [-0.2, 0) is 14.0 Å². The Labute approximate surface area is 107 Å². The van der Waals surface area contributed by atoms with Gasteiger partial charge in [0.1, 0.15) is 0 Å². The molecule has 0 aromatic rings. The summed E-state index contributed by atoms with van der Waals surface area (Å²) >= 11 is 0. The molecule has 1 aliphatic carbocycles. The summed E-state index contributed by atoms with van der Waals surface area (Å²) in [5, 5.41) is 0. The number of amides is 1. The van der Waals surface area contributed by atoms with E-state index in [0.29, 0.717) is 4.31 Å². The van der Waals surface area contributed by atoms with Gasteiger partial charge in [0.2, 0.25) is 5.91 Å². The molecule has 1 saturated heterocycles. The molecule has 0 bridgehead atoms. The third-order valence-electron chi connectivity index (χ3n) is 3.73. The van der Waals surface area contributed by atoms with Crippen molar-refractivity contribution in [1.82, 2.24) is 4.31 Å². The molecule has 1 saturated carbocycles. The molecule has 104 valence electrons. The Bertz CT molecular complexity index is 468. The van der Waals surface area contributed by atoms with Crippen molar-refractivity contribution in [2.45, 2.75) is 43.8 Å². The first kappa shape index (κ1) is 13.9. The molecule has 2 aliphatic rings. The van der Waals surface area contributed by atoms with Crippen molar-refractivity contribution < 1.29 is 26.4 Å². The Kier molecular flexibility index (Phi) is 3.09. The first-order chi connectivity index (χ1) is 8.06. The highest BCUT2D eigenvalue weighted by atomic mass is 35.7. The minimum Gasteiger partial charge on any atom is -0.274 e. The van der Waals surface area contributed by atoms with E-state index in [2.05, 4.69) is 0 Å². The minimum atomic E-state index is -4.26. The van der Waals surface area contributed by atoms with Gasteiger partial charge in [-0.05, 0) is 25.7 Å². The van der Waals surface area contributed by atoms with E-state index in [1.165, 1.54) is 0 Å². The molecule has 9 heteroatoms. The smallest absolute Gasteiger partial charge is 0.274 e. The number of alkyl halides is 3. The first-order valence-corrected chi connectivity index (χ1v) is 7.67. The van der Waals surface area contributed by atoms with E-state index in [0.717, 1.165) is 0 Å². The second-order valence-corrected chi connectivity index (χ2v) is 7.18. The van der Waals surface area contributed by atoms with E-state index >= 15 is 0 Å². The lowest BCUT2D eigenvalue weighted by Gasteiger charge is -2.52. The van der Waals surface area contributed by atoms with E-state index in [9.17, 15) is 26.4 Å². The van der Waals surface area contributed by atoms with E-state index < -0.39 is 32.8 Å². The molecule has 0 N–H and O–H groups in total. The lowest BCUT2D eigenvalue weighted by molar-refractivity contribution is -0.191. The van der Waals surface area contributed by atoms with Crippen molar-refractivity contribution in [2.75, 3.05) is 0 Å². The fourth-order valence-electron chi connectivity index (χ4n) is 2.81. The Morgan fingerprint density at radius 2 is 1.78 bits per heavy atom. The van der Waals surface area contributed by atoms with Gasteiger partial charge >= 0.3 is 15.4 Å². The fraction of sp³-hybridized carbons (Fsp3) is 0.889. The molecule has 4 nitrogen and oxygen atoms in total. The number of rotatable bonds is 1. The standard InChI is InChI=1S/C9H11ClF3NO3S/c10-18(16,17)14-7(15)5-8(14)3-1-6(2-4-8)9(11,12)13/h6H,1-5H2. The van der Waals surface area contributed by atoms with Gasteiger partial charge in [-0.25, -0.2) is 4.31 Å². The van der Waals surface area contributed by atoms with Gasteiger partial charge < -0.3 is 0 Å². The van der Waals surface area contributed by atoms with Gasteiger partial charge in [0.15, 0.2) is 0 Å². The van der Waals surface area contributed by atoms with Gasteiger partial charge in [-0.15, -0.1) is 0 Å². The van der Waals surface area contributed by atoms with E-state index in [1.54, 1.807) is 0 Å². The number of nitrogens with zero attached hydrogens (tertiary/aromatic N) is 1. The molecular formula is C9H11ClF3NO3S. The predicted molar refractivity (Wildman–Crippen MR) is 57.0 cm³/mol. The third kappa shape index (κ3) is 2.20. The van der Waals surface area contributed by atoms with Crippen molar-refractivity contribution in [3.63, 3.8) is 0 Å². The number of hydrogen-bond acceptors (Lipinski definition) is 3. The molecule has 0 aromatic carbocycles. The Morgan fingerprint density at radius 3 is 2.11 bits per heavy atom. The average molecular weight is 306 g/mol. The van der Waals surface area contributed by atoms with Crippen LogP contribution in [0.2, 0.25) is 0 Å². The van der Waals surface area contributed by atoms with Crippen LogP contribution in [0.4, 0.5) is 13.2 Å². The zero-order valence-electron chi connectivity index (χ0n) is 9.20. The fourth-order valence-corrected chi connectivity index (χ4v) is 4.50. The maximum atomic E-state index is 12.5. The molecule has 2 fully saturated rings. The van der Waals surface area contributed by atoms with Crippen LogP contribution in [0, 0.1) is 5.92 Å². The van der Waals surface area contributed by atoms with Crippen LogP contribution in [0.3, 0.4) is 0 Å². The van der Waals surface area contributed by atoms with E-state index in [-0.39, 0.29) is 32.1 Å². The number of β-lactam (4-membered cyclic amide) rings is 1. The summed E-state index contributed by atoms with van der Waals surface area (Å²) in [4.78, 5) is 11.3. The average Bonchev–Trinajstić information content (AvgIpc) is 2.12. The molecule has 0 atom stereocenters. The van der Waals surface area contributed by atoms with Gasteiger partial charge in [-0.3, -0.25) is 4.79 Å². The maximum Gasteiger partial charge on any atom is 0.391 e. The van der Waals surface area contributed by atoms with E-state index in [4.69, 9.17) is 10.7 Å². The van der Waals surface area contributed by atoms with Crippen LogP contribution in [-0.4, -0.2) is 30.3 Å². The number of hydrogen-bond donors (Lipinski definition) is 0. The van der Waals surface area contributed by atoms with Crippen LogP contribution < -0.4 is 0 Å². The van der Waals surface area contributed by atoms with Gasteiger partial charge in [0, 0.05) is 10.7 Å². The van der Waals surface area contributed by atoms with Gasteiger partial charge in [-0.1, -0.05) is 0 Å². The quantitative estimate of drug-likeness (QED) is 0.551. The van der Waals surface area contributed by atoms with Crippen LogP contribution in [0.15, 0.2) is 0 Å². The normalized spacial score (nSPS) is 33.7. The molecule has 1 amide bonds. The summed E-state index contributed by atoms with van der Waals surface area (Å²) in [7, 11) is 0.933. The zero-order valence-corrected chi connectivity index (χ0v) is 10.8. The van der Waals surface area contributed by atoms with Crippen molar-refractivity contribution in [3.8, 4) is 0 Å². The SMILES string of the molecule is O=C1CC2(CCC(C(F)(F)F)CC2)N1S(=O)(=O)Cl. The van der Waals surface area contributed by atoms with E-state index in [1.807, 2.05) is 0 Å². The number of halogens is 4. The summed E-state index contributed by atoms with van der Waals surface area (Å²) < 4.78 is 60.5. The second-order valence-electron chi connectivity index (χ2n) is 4.82. The molecule has 0 unspecified atom stereocenters. The summed E-state index contributed by atoms with van der Waals surface area (Å²) in [6, 6.07) is 0. The van der Waals surface area contributed by atoms with Crippen LogP contribution in [0.5, 0.6) is 0 Å². The molecule has 0 aromatic heterocycles. The Morgan fingerprint density at radius 1 is 1.28 bits per heavy atom. The molecule has 1 spiro atoms. The molecular weight excluding hydrogens is 295 g/mol. The largest absolute Gasteiger partial charge is 0.391 e. The molecule has 1 aliphatic heterocycles. The first-order valence-electron chi connectivity index (χ1n) is 5.41. The van der Waals surface area contributed by atoms with Crippen LogP contribution in [0.1, 0.15) is 32.1 Å². The highest BCUT2D eigenvalue weighted by Crippen LogP contribution is 2.50. The number of carbonyl (C=O) groups is 1.